The van der Waals surface area contributed by atoms with Crippen molar-refractivity contribution in [2.45, 2.75) is 40.5 Å². The highest BCUT2D eigenvalue weighted by molar-refractivity contribution is 5.91. The molecule has 1 fully saturated rings. The number of nitrogens with zero attached hydrogens (tertiary/aromatic N) is 1. The molecule has 2 unspecified atom stereocenters. The van der Waals surface area contributed by atoms with Gasteiger partial charge < -0.3 is 10.8 Å². The SMILES string of the molecule is CC(=NNC(N)=O)C1(C)CCC(C(=O)O)C1(C)C. The molecule has 2 amide bonds. The van der Waals surface area contributed by atoms with Crippen LogP contribution in [0.5, 0.6) is 0 Å². The third-order valence-electron chi connectivity index (χ3n) is 4.66. The van der Waals surface area contributed by atoms with Gasteiger partial charge in [0.15, 0.2) is 0 Å². The number of hydrogen-bond donors (Lipinski definition) is 3. The topological polar surface area (TPSA) is 105 Å². The Morgan fingerprint density at radius 3 is 2.33 bits per heavy atom. The molecule has 18 heavy (non-hydrogen) atoms. The maximum atomic E-state index is 11.3. The van der Waals surface area contributed by atoms with Crippen molar-refractivity contribution in [1.29, 1.82) is 0 Å². The third-order valence-corrected chi connectivity index (χ3v) is 4.66. The molecule has 0 aromatic heterocycles. The smallest absolute Gasteiger partial charge is 0.332 e. The van der Waals surface area contributed by atoms with Crippen molar-refractivity contribution in [3.8, 4) is 0 Å². The molecular formula is C12H21N3O3. The molecule has 0 bridgehead atoms. The number of amides is 2. The van der Waals surface area contributed by atoms with E-state index in [1.807, 2.05) is 20.8 Å². The Labute approximate surface area is 107 Å². The van der Waals surface area contributed by atoms with Gasteiger partial charge in [-0.2, -0.15) is 5.10 Å². The highest BCUT2D eigenvalue weighted by atomic mass is 16.4. The van der Waals surface area contributed by atoms with Crippen molar-refractivity contribution in [2.75, 3.05) is 0 Å². The predicted octanol–water partition coefficient (Wildman–Crippen LogP) is 1.56. The van der Waals surface area contributed by atoms with Crippen molar-refractivity contribution < 1.29 is 14.7 Å². The fraction of sp³-hybridized carbons (Fsp3) is 0.750. The molecule has 1 saturated carbocycles. The summed E-state index contributed by atoms with van der Waals surface area (Å²) in [6, 6.07) is -0.719. The highest BCUT2D eigenvalue weighted by Gasteiger charge is 2.55. The number of urea groups is 1. The lowest BCUT2D eigenvalue weighted by Gasteiger charge is -2.40. The van der Waals surface area contributed by atoms with Crippen molar-refractivity contribution in [3.63, 3.8) is 0 Å². The summed E-state index contributed by atoms with van der Waals surface area (Å²) in [4.78, 5) is 21.9. The lowest BCUT2D eigenvalue weighted by molar-refractivity contribution is -0.145. The van der Waals surface area contributed by atoms with Gasteiger partial charge in [0, 0.05) is 11.1 Å². The normalized spacial score (nSPS) is 31.1. The van der Waals surface area contributed by atoms with Crippen LogP contribution in [0.4, 0.5) is 4.79 Å². The summed E-state index contributed by atoms with van der Waals surface area (Å²) >= 11 is 0. The van der Waals surface area contributed by atoms with Crippen LogP contribution in [0.25, 0.3) is 0 Å². The maximum Gasteiger partial charge on any atom is 0.332 e. The van der Waals surface area contributed by atoms with E-state index in [9.17, 15) is 14.7 Å². The quantitative estimate of drug-likeness (QED) is 0.526. The van der Waals surface area contributed by atoms with Gasteiger partial charge in [-0.15, -0.1) is 0 Å². The Hall–Kier alpha value is -1.59. The average molecular weight is 255 g/mol. The van der Waals surface area contributed by atoms with Crippen molar-refractivity contribution >= 4 is 17.7 Å². The molecule has 0 spiro atoms. The largest absolute Gasteiger partial charge is 0.481 e. The monoisotopic (exact) mass is 255 g/mol. The molecular weight excluding hydrogens is 234 g/mol. The molecule has 6 heteroatoms. The van der Waals surface area contributed by atoms with Crippen LogP contribution in [0, 0.1) is 16.7 Å². The number of nitrogens with two attached hydrogens (primary N) is 1. The van der Waals surface area contributed by atoms with Crippen LogP contribution in [0.2, 0.25) is 0 Å². The summed E-state index contributed by atoms with van der Waals surface area (Å²) in [6.07, 6.45) is 1.34. The zero-order chi connectivity index (χ0) is 14.1. The molecule has 102 valence electrons. The van der Waals surface area contributed by atoms with Crippen LogP contribution in [-0.4, -0.2) is 22.8 Å². The molecule has 6 nitrogen and oxygen atoms in total. The van der Waals surface area contributed by atoms with E-state index in [0.29, 0.717) is 12.1 Å². The maximum absolute atomic E-state index is 11.3. The molecule has 1 rings (SSSR count). The van der Waals surface area contributed by atoms with Crippen LogP contribution in [0.1, 0.15) is 40.5 Å². The Morgan fingerprint density at radius 2 is 1.94 bits per heavy atom. The van der Waals surface area contributed by atoms with E-state index in [4.69, 9.17) is 5.73 Å². The minimum Gasteiger partial charge on any atom is -0.481 e. The lowest BCUT2D eigenvalue weighted by atomic mass is 9.63. The van der Waals surface area contributed by atoms with Crippen LogP contribution in [0.3, 0.4) is 0 Å². The van der Waals surface area contributed by atoms with Gasteiger partial charge in [0.1, 0.15) is 0 Å². The number of hydrazone groups is 1. The third kappa shape index (κ3) is 2.19. The first kappa shape index (κ1) is 14.5. The molecule has 0 aromatic carbocycles. The van der Waals surface area contributed by atoms with Crippen LogP contribution >= 0.6 is 0 Å². The molecule has 0 heterocycles. The lowest BCUT2D eigenvalue weighted by Crippen LogP contribution is -2.42. The first-order chi connectivity index (χ1) is 8.13. The molecule has 0 radical (unpaired) electrons. The number of hydrogen-bond acceptors (Lipinski definition) is 3. The second-order valence-electron chi connectivity index (χ2n) is 5.66. The van der Waals surface area contributed by atoms with Gasteiger partial charge in [-0.25, -0.2) is 10.2 Å². The number of carboxylic acid groups (broad SMARTS) is 1. The second-order valence-corrected chi connectivity index (χ2v) is 5.66. The van der Waals surface area contributed by atoms with Gasteiger partial charge in [0.25, 0.3) is 0 Å². The van der Waals surface area contributed by atoms with Crippen molar-refractivity contribution in [2.24, 2.45) is 27.6 Å². The van der Waals surface area contributed by atoms with E-state index in [1.165, 1.54) is 0 Å². The Morgan fingerprint density at radius 1 is 1.39 bits per heavy atom. The molecule has 1 aliphatic carbocycles. The van der Waals surface area contributed by atoms with Crippen LogP contribution in [0.15, 0.2) is 5.10 Å². The number of nitrogens with one attached hydrogen (secondary N) is 1. The fourth-order valence-electron chi connectivity index (χ4n) is 2.84. The first-order valence-corrected chi connectivity index (χ1v) is 5.96. The minimum atomic E-state index is -0.778. The van der Waals surface area contributed by atoms with E-state index in [2.05, 4.69) is 10.5 Å². The predicted molar refractivity (Wildman–Crippen MR) is 68.1 cm³/mol. The van der Waals surface area contributed by atoms with Gasteiger partial charge in [0.05, 0.1) is 5.92 Å². The zero-order valence-corrected chi connectivity index (χ0v) is 11.3. The Balaban J connectivity index is 3.04. The van der Waals surface area contributed by atoms with E-state index < -0.39 is 23.3 Å². The summed E-state index contributed by atoms with van der Waals surface area (Å²) in [6.45, 7) is 7.64. The Kier molecular flexibility index (Phi) is 3.69. The number of primary amides is 1. The molecule has 2 atom stereocenters. The van der Waals surface area contributed by atoms with Gasteiger partial charge in [-0.3, -0.25) is 4.79 Å². The number of carbonyl (C=O) groups is 2. The molecule has 4 N–H and O–H groups in total. The van der Waals surface area contributed by atoms with Gasteiger partial charge >= 0.3 is 12.0 Å². The standard InChI is InChI=1S/C12H21N3O3/c1-7(14-15-10(13)18)12(4)6-5-8(9(16)17)11(12,2)3/h8H,5-6H2,1-4H3,(H,16,17)(H3,13,15,18). The number of carboxylic acids is 1. The average Bonchev–Trinajstić information content (AvgIpc) is 2.47. The van der Waals surface area contributed by atoms with E-state index >= 15 is 0 Å². The first-order valence-electron chi connectivity index (χ1n) is 5.96. The summed E-state index contributed by atoms with van der Waals surface area (Å²) in [5.74, 6) is -1.18. The molecule has 0 saturated heterocycles. The van der Waals surface area contributed by atoms with Crippen molar-refractivity contribution in [3.05, 3.63) is 0 Å². The van der Waals surface area contributed by atoms with Gasteiger partial charge in [0.2, 0.25) is 0 Å². The van der Waals surface area contributed by atoms with Crippen LogP contribution < -0.4 is 11.2 Å². The molecule has 0 aliphatic heterocycles. The zero-order valence-electron chi connectivity index (χ0n) is 11.3. The summed E-state index contributed by atoms with van der Waals surface area (Å²) < 4.78 is 0. The van der Waals surface area contributed by atoms with E-state index in [1.54, 1.807) is 6.92 Å². The van der Waals surface area contributed by atoms with Crippen LogP contribution in [-0.2, 0) is 4.79 Å². The van der Waals surface area contributed by atoms with Gasteiger partial charge in [-0.05, 0) is 25.2 Å². The van der Waals surface area contributed by atoms with E-state index in [0.717, 1.165) is 6.42 Å². The summed E-state index contributed by atoms with van der Waals surface area (Å²) in [5, 5.41) is 13.2. The van der Waals surface area contributed by atoms with Gasteiger partial charge in [-0.1, -0.05) is 20.8 Å². The Bertz CT molecular complexity index is 403. The number of aliphatic carboxylic acids is 1. The number of rotatable bonds is 3. The summed E-state index contributed by atoms with van der Waals surface area (Å²) in [5.41, 5.74) is 7.10. The second kappa shape index (κ2) is 4.59. The molecule has 1 aliphatic rings. The minimum absolute atomic E-state index is 0.363. The molecule has 0 aromatic rings. The highest BCUT2D eigenvalue weighted by Crippen LogP contribution is 2.56. The number of carbonyl (C=O) groups excluding carboxylic acids is 1. The fourth-order valence-corrected chi connectivity index (χ4v) is 2.84. The van der Waals surface area contributed by atoms with E-state index in [-0.39, 0.29) is 5.41 Å². The van der Waals surface area contributed by atoms with Crippen molar-refractivity contribution in [1.82, 2.24) is 5.43 Å². The summed E-state index contributed by atoms with van der Waals surface area (Å²) in [7, 11) is 0.